The van der Waals surface area contributed by atoms with Gasteiger partial charge in [0.1, 0.15) is 11.5 Å². The summed E-state index contributed by atoms with van der Waals surface area (Å²) in [6.07, 6.45) is 4.83. The molecule has 0 saturated heterocycles. The molecule has 0 aromatic carbocycles. The minimum absolute atomic E-state index is 0.0308. The summed E-state index contributed by atoms with van der Waals surface area (Å²) >= 11 is 0. The highest BCUT2D eigenvalue weighted by atomic mass is 19.1. The summed E-state index contributed by atoms with van der Waals surface area (Å²) < 4.78 is 18.8. The number of ether oxygens (including phenoxy) is 1. The van der Waals surface area contributed by atoms with Gasteiger partial charge < -0.3 is 20.7 Å². The molecule has 7 heteroatoms. The van der Waals surface area contributed by atoms with E-state index in [1.165, 1.54) is 6.07 Å². The zero-order valence-electron chi connectivity index (χ0n) is 12.4. The molecule has 1 aromatic rings. The Morgan fingerprint density at radius 2 is 2.18 bits per heavy atom. The van der Waals surface area contributed by atoms with Gasteiger partial charge in [-0.25, -0.2) is 9.37 Å². The average molecular weight is 308 g/mol. The molecule has 3 rings (SSSR count). The van der Waals surface area contributed by atoms with Gasteiger partial charge in [-0.2, -0.15) is 0 Å². The van der Waals surface area contributed by atoms with Gasteiger partial charge in [0.2, 0.25) is 5.88 Å². The molecule has 0 radical (unpaired) electrons. The molecule has 6 nitrogen and oxygen atoms in total. The van der Waals surface area contributed by atoms with E-state index < -0.39 is 5.82 Å². The van der Waals surface area contributed by atoms with Gasteiger partial charge >= 0.3 is 0 Å². The van der Waals surface area contributed by atoms with Crippen molar-refractivity contribution >= 4 is 11.6 Å². The maximum absolute atomic E-state index is 13.5. The Morgan fingerprint density at radius 3 is 2.91 bits per heavy atom. The number of hydrogen-bond donors (Lipinski definition) is 2. The van der Waals surface area contributed by atoms with E-state index in [1.54, 1.807) is 4.90 Å². The number of fused-ring (bicyclic) bond motifs is 1. The number of nitrogens with one attached hydrogen (secondary N) is 1. The molecule has 1 aliphatic carbocycles. The van der Waals surface area contributed by atoms with Crippen LogP contribution < -0.4 is 20.7 Å². The molecule has 2 heterocycles. The van der Waals surface area contributed by atoms with Crippen molar-refractivity contribution in [2.24, 2.45) is 5.73 Å². The number of halogens is 1. The first-order chi connectivity index (χ1) is 10.7. The fourth-order valence-corrected chi connectivity index (χ4v) is 3.26. The Bertz CT molecular complexity index is 546. The number of hydrogen-bond acceptors (Lipinski definition) is 5. The van der Waals surface area contributed by atoms with E-state index in [0.29, 0.717) is 24.2 Å². The van der Waals surface area contributed by atoms with Gasteiger partial charge in [-0.3, -0.25) is 4.79 Å². The molecule has 0 bridgehead atoms. The highest BCUT2D eigenvalue weighted by Gasteiger charge is 2.35. The Kier molecular flexibility index (Phi) is 4.54. The SMILES string of the molecule is NCCNC1CCC(N2C(=O)COc3ncc(F)cc32)CC1. The van der Waals surface area contributed by atoms with Gasteiger partial charge in [0, 0.05) is 31.2 Å². The number of carbonyl (C=O) groups is 1. The predicted molar refractivity (Wildman–Crippen MR) is 80.3 cm³/mol. The van der Waals surface area contributed by atoms with Gasteiger partial charge in [-0.05, 0) is 25.7 Å². The number of rotatable bonds is 4. The van der Waals surface area contributed by atoms with Crippen LogP contribution in [0.1, 0.15) is 25.7 Å². The summed E-state index contributed by atoms with van der Waals surface area (Å²) in [5.41, 5.74) is 5.96. The lowest BCUT2D eigenvalue weighted by molar-refractivity contribution is -0.122. The van der Waals surface area contributed by atoms with E-state index in [2.05, 4.69) is 10.3 Å². The normalized spacial score (nSPS) is 24.8. The van der Waals surface area contributed by atoms with Crippen LogP contribution in [0.2, 0.25) is 0 Å². The Balaban J connectivity index is 1.73. The number of anilines is 1. The van der Waals surface area contributed by atoms with Crippen molar-refractivity contribution in [1.82, 2.24) is 10.3 Å². The predicted octanol–water partition coefficient (Wildman–Crippen LogP) is 0.806. The van der Waals surface area contributed by atoms with Crippen LogP contribution >= 0.6 is 0 Å². The second-order valence-corrected chi connectivity index (χ2v) is 5.78. The minimum atomic E-state index is -0.458. The van der Waals surface area contributed by atoms with Gasteiger partial charge in [0.25, 0.3) is 5.91 Å². The molecular formula is C15H21FN4O2. The minimum Gasteiger partial charge on any atom is -0.466 e. The summed E-state index contributed by atoms with van der Waals surface area (Å²) in [5.74, 6) is -0.247. The third kappa shape index (κ3) is 3.05. The molecule has 0 atom stereocenters. The van der Waals surface area contributed by atoms with Crippen molar-refractivity contribution in [2.75, 3.05) is 24.6 Å². The lowest BCUT2D eigenvalue weighted by atomic mass is 9.89. The molecule has 3 N–H and O–H groups in total. The number of amides is 1. The van der Waals surface area contributed by atoms with Crippen LogP contribution in [0.15, 0.2) is 12.3 Å². The fraction of sp³-hybridized carbons (Fsp3) is 0.600. The Morgan fingerprint density at radius 1 is 1.41 bits per heavy atom. The van der Waals surface area contributed by atoms with Crippen molar-refractivity contribution < 1.29 is 13.9 Å². The van der Waals surface area contributed by atoms with E-state index in [4.69, 9.17) is 10.5 Å². The standard InChI is InChI=1S/C15H21FN4O2/c16-10-7-13-15(19-8-10)22-9-14(21)20(13)12-3-1-11(2-4-12)18-6-5-17/h7-8,11-12,18H,1-6,9,17H2. The fourth-order valence-electron chi connectivity index (χ4n) is 3.26. The average Bonchev–Trinajstić information content (AvgIpc) is 2.53. The van der Waals surface area contributed by atoms with Crippen LogP contribution in [-0.2, 0) is 4.79 Å². The maximum atomic E-state index is 13.5. The topological polar surface area (TPSA) is 80.5 Å². The molecule has 1 saturated carbocycles. The Hall–Kier alpha value is -1.73. The van der Waals surface area contributed by atoms with E-state index in [9.17, 15) is 9.18 Å². The molecule has 1 fully saturated rings. The van der Waals surface area contributed by atoms with Gasteiger partial charge in [0.05, 0.1) is 6.20 Å². The molecule has 1 amide bonds. The van der Waals surface area contributed by atoms with Crippen molar-refractivity contribution in [1.29, 1.82) is 0 Å². The molecule has 1 aromatic heterocycles. The largest absolute Gasteiger partial charge is 0.466 e. The van der Waals surface area contributed by atoms with E-state index in [-0.39, 0.29) is 18.6 Å². The van der Waals surface area contributed by atoms with Crippen molar-refractivity contribution in [3.63, 3.8) is 0 Å². The molecule has 2 aliphatic rings. The lowest BCUT2D eigenvalue weighted by Crippen LogP contribution is -2.49. The third-order valence-corrected chi connectivity index (χ3v) is 4.30. The lowest BCUT2D eigenvalue weighted by Gasteiger charge is -2.39. The summed E-state index contributed by atoms with van der Waals surface area (Å²) in [6, 6.07) is 1.86. The van der Waals surface area contributed by atoms with Crippen LogP contribution in [0.4, 0.5) is 10.1 Å². The smallest absolute Gasteiger partial charge is 0.265 e. The van der Waals surface area contributed by atoms with Gasteiger partial charge in [0.15, 0.2) is 6.61 Å². The quantitative estimate of drug-likeness (QED) is 0.860. The number of nitrogens with two attached hydrogens (primary N) is 1. The van der Waals surface area contributed by atoms with E-state index in [0.717, 1.165) is 38.4 Å². The van der Waals surface area contributed by atoms with Crippen molar-refractivity contribution in [2.45, 2.75) is 37.8 Å². The molecule has 0 unspecified atom stereocenters. The first-order valence-electron chi connectivity index (χ1n) is 7.73. The maximum Gasteiger partial charge on any atom is 0.265 e. The molecule has 22 heavy (non-hydrogen) atoms. The Labute approximate surface area is 128 Å². The van der Waals surface area contributed by atoms with Gasteiger partial charge in [-0.1, -0.05) is 0 Å². The first kappa shape index (κ1) is 15.2. The third-order valence-electron chi connectivity index (χ3n) is 4.30. The molecule has 0 spiro atoms. The first-order valence-corrected chi connectivity index (χ1v) is 7.73. The second-order valence-electron chi connectivity index (χ2n) is 5.78. The monoisotopic (exact) mass is 308 g/mol. The molecule has 120 valence electrons. The zero-order valence-corrected chi connectivity index (χ0v) is 12.4. The van der Waals surface area contributed by atoms with Crippen molar-refractivity contribution in [3.05, 3.63) is 18.1 Å². The van der Waals surface area contributed by atoms with E-state index >= 15 is 0 Å². The van der Waals surface area contributed by atoms with Crippen LogP contribution in [0.5, 0.6) is 5.88 Å². The molecule has 1 aliphatic heterocycles. The highest BCUT2D eigenvalue weighted by Crippen LogP contribution is 2.35. The van der Waals surface area contributed by atoms with Crippen LogP contribution in [0.3, 0.4) is 0 Å². The van der Waals surface area contributed by atoms with Gasteiger partial charge in [-0.15, -0.1) is 0 Å². The summed E-state index contributed by atoms with van der Waals surface area (Å²) in [7, 11) is 0. The summed E-state index contributed by atoms with van der Waals surface area (Å²) in [5, 5.41) is 3.41. The zero-order chi connectivity index (χ0) is 15.5. The second kappa shape index (κ2) is 6.58. The number of pyridine rings is 1. The number of nitrogens with zero attached hydrogens (tertiary/aromatic N) is 2. The molecular weight excluding hydrogens is 287 g/mol. The van der Waals surface area contributed by atoms with Crippen LogP contribution in [0.25, 0.3) is 0 Å². The highest BCUT2D eigenvalue weighted by molar-refractivity contribution is 5.97. The number of aromatic nitrogens is 1. The van der Waals surface area contributed by atoms with E-state index in [1.807, 2.05) is 0 Å². The number of carbonyl (C=O) groups excluding carboxylic acids is 1. The summed E-state index contributed by atoms with van der Waals surface area (Å²) in [4.78, 5) is 17.9. The van der Waals surface area contributed by atoms with Crippen LogP contribution in [0, 0.1) is 5.82 Å². The van der Waals surface area contributed by atoms with Crippen molar-refractivity contribution in [3.8, 4) is 5.88 Å². The summed E-state index contributed by atoms with van der Waals surface area (Å²) in [6.45, 7) is 1.40. The van der Waals surface area contributed by atoms with Crippen LogP contribution in [-0.4, -0.2) is 42.7 Å².